The van der Waals surface area contributed by atoms with Gasteiger partial charge >= 0.3 is 0 Å². The molecule has 4 aromatic rings. The molecule has 0 amide bonds. The van der Waals surface area contributed by atoms with E-state index in [1.54, 1.807) is 36.7 Å². The molecule has 2 aliphatic carbocycles. The summed E-state index contributed by atoms with van der Waals surface area (Å²) in [6.07, 6.45) is 10.9. The quantitative estimate of drug-likeness (QED) is 0.122. The first-order valence-corrected chi connectivity index (χ1v) is 21.3. The zero-order valence-corrected chi connectivity index (χ0v) is 38.9. The average molecular weight is 853 g/mol. The van der Waals surface area contributed by atoms with Gasteiger partial charge in [0.05, 0.1) is 23.8 Å². The van der Waals surface area contributed by atoms with Crippen molar-refractivity contribution in [2.45, 2.75) is 83.1 Å². The molecule has 0 heterocycles. The van der Waals surface area contributed by atoms with Gasteiger partial charge in [0.2, 0.25) is 0 Å². The van der Waals surface area contributed by atoms with E-state index in [1.165, 1.54) is 0 Å². The van der Waals surface area contributed by atoms with Gasteiger partial charge in [0.1, 0.15) is 11.4 Å². The van der Waals surface area contributed by atoms with E-state index in [1.807, 2.05) is 168 Å². The van der Waals surface area contributed by atoms with E-state index in [0.717, 1.165) is 66.8 Å². The van der Waals surface area contributed by atoms with Gasteiger partial charge in [-0.3, -0.25) is 9.59 Å². The number of azo groups is 2. The van der Waals surface area contributed by atoms with Gasteiger partial charge in [0.15, 0.2) is 11.6 Å². The number of carbonyl (C=O) groups excluding carboxylic acids is 2. The molecule has 4 aromatic carbocycles. The predicted octanol–water partition coefficient (Wildman–Crippen LogP) is 16.5. The highest BCUT2D eigenvalue weighted by molar-refractivity contribution is 6.12. The number of benzene rings is 4. The van der Waals surface area contributed by atoms with Crippen LogP contribution in [0.25, 0.3) is 33.4 Å². The van der Waals surface area contributed by atoms with Crippen molar-refractivity contribution in [2.75, 3.05) is 0 Å². The molecule has 0 radical (unpaired) electrons. The maximum Gasteiger partial charge on any atom is 0.186 e. The molecule has 64 heavy (non-hydrogen) atoms. The van der Waals surface area contributed by atoms with Gasteiger partial charge in [-0.25, -0.2) is 0 Å². The SMILES string of the molecule is CC(C)(C)C1=CC(=C/N=N/c2ccc(-c3ccc(/N=N/C=C4C=C(C(C)(C)C)C(=O)C(C(C)(C)C)=C4)cc3-c3ccc(N=O)cc3)c(-c3ccc(N=O)cc3)c2)C=C(C(C)(C)C)C1=O. The summed E-state index contributed by atoms with van der Waals surface area (Å²) in [7, 11) is 0. The Morgan fingerprint density at radius 1 is 0.375 bits per heavy atom. The molecule has 0 saturated heterocycles. The Labute approximate surface area is 376 Å². The van der Waals surface area contributed by atoms with Crippen LogP contribution in [0.1, 0.15) is 83.1 Å². The maximum atomic E-state index is 13.5. The molecule has 0 N–H and O–H groups in total. The lowest BCUT2D eigenvalue weighted by Crippen LogP contribution is -2.27. The molecule has 0 saturated carbocycles. The van der Waals surface area contributed by atoms with Crippen molar-refractivity contribution in [3.63, 3.8) is 0 Å². The number of allylic oxidation sites excluding steroid dienone is 10. The van der Waals surface area contributed by atoms with Crippen LogP contribution in [0.5, 0.6) is 0 Å². The van der Waals surface area contributed by atoms with Crippen LogP contribution in [0.3, 0.4) is 0 Å². The van der Waals surface area contributed by atoms with Gasteiger partial charge in [0.25, 0.3) is 0 Å². The van der Waals surface area contributed by atoms with Gasteiger partial charge < -0.3 is 0 Å². The molecule has 0 aromatic heterocycles. The third kappa shape index (κ3) is 10.6. The number of hydrogen-bond acceptors (Lipinski definition) is 10. The second-order valence-electron chi connectivity index (χ2n) is 20.3. The van der Waals surface area contributed by atoms with E-state index >= 15 is 0 Å². The molecule has 0 spiro atoms. The smallest absolute Gasteiger partial charge is 0.186 e. The molecule has 0 bridgehead atoms. The zero-order chi connectivity index (χ0) is 46.8. The van der Waals surface area contributed by atoms with Crippen molar-refractivity contribution in [3.8, 4) is 33.4 Å². The van der Waals surface area contributed by atoms with Crippen LogP contribution in [0, 0.1) is 31.5 Å². The number of nitroso groups, excluding NO2 is 2. The minimum absolute atomic E-state index is 0.0479. The number of hydrogen-bond donors (Lipinski definition) is 0. The fourth-order valence-corrected chi connectivity index (χ4v) is 7.54. The van der Waals surface area contributed by atoms with Crippen LogP contribution in [0.4, 0.5) is 22.7 Å². The van der Waals surface area contributed by atoms with Gasteiger partial charge in [-0.15, -0.1) is 9.81 Å². The third-order valence-corrected chi connectivity index (χ3v) is 11.1. The first-order chi connectivity index (χ1) is 30.0. The summed E-state index contributed by atoms with van der Waals surface area (Å²) in [4.78, 5) is 49.8. The number of carbonyl (C=O) groups is 2. The number of nitrogens with zero attached hydrogens (tertiary/aromatic N) is 6. The highest BCUT2D eigenvalue weighted by Gasteiger charge is 2.35. The molecular formula is C54H56N6O4. The molecule has 0 atom stereocenters. The minimum atomic E-state index is -0.359. The maximum absolute atomic E-state index is 13.5. The summed E-state index contributed by atoms with van der Waals surface area (Å²) in [6, 6.07) is 25.6. The fraction of sp³-hybridized carbons (Fsp3) is 0.296. The van der Waals surface area contributed by atoms with Crippen LogP contribution in [0.2, 0.25) is 0 Å². The van der Waals surface area contributed by atoms with Gasteiger partial charge in [-0.2, -0.15) is 20.5 Å². The standard InChI is InChI=1S/C54H56N6O4/c1-51(2,3)45-25-33(26-46(49(45)61)52(4,5)6)31-55-57-39-21-23-41(43(29-39)35-13-17-37(59-63)18-14-35)42-24-22-40(30-44(42)36-15-19-38(60-64)20-16-36)58-56-32-34-27-47(53(7,8)9)50(62)48(28-34)54(10,11)12/h13-32H,1-12H3/b57-55+,58-56+. The predicted molar refractivity (Wildman–Crippen MR) is 259 cm³/mol. The van der Waals surface area contributed by atoms with Crippen LogP contribution in [-0.2, 0) is 9.59 Å². The second kappa shape index (κ2) is 18.0. The van der Waals surface area contributed by atoms with Crippen molar-refractivity contribution in [3.05, 3.63) is 165 Å². The van der Waals surface area contributed by atoms with E-state index in [4.69, 9.17) is 0 Å². The van der Waals surface area contributed by atoms with Crippen molar-refractivity contribution in [2.24, 2.45) is 52.5 Å². The van der Waals surface area contributed by atoms with Gasteiger partial charge in [-0.05, 0) is 149 Å². The molecule has 6 rings (SSSR count). The Kier molecular flexibility index (Phi) is 13.1. The lowest BCUT2D eigenvalue weighted by Gasteiger charge is -2.31. The summed E-state index contributed by atoms with van der Waals surface area (Å²) in [5, 5.41) is 24.4. The van der Waals surface area contributed by atoms with Gasteiger partial charge in [0, 0.05) is 22.3 Å². The van der Waals surface area contributed by atoms with E-state index in [0.29, 0.717) is 22.7 Å². The Balaban J connectivity index is 1.46. The highest BCUT2D eigenvalue weighted by atomic mass is 16.3. The Hall–Kier alpha value is -6.94. The topological polar surface area (TPSA) is 142 Å². The van der Waals surface area contributed by atoms with Gasteiger partial charge in [-0.1, -0.05) is 119 Å². The Morgan fingerprint density at radius 3 is 0.922 bits per heavy atom. The minimum Gasteiger partial charge on any atom is -0.289 e. The van der Waals surface area contributed by atoms with Crippen molar-refractivity contribution in [1.29, 1.82) is 0 Å². The number of Topliss-reactive ketones (excluding diaryl/α,β-unsaturated/α-hetero) is 2. The molecule has 10 heteroatoms. The summed E-state index contributed by atoms with van der Waals surface area (Å²) in [5.41, 5.74) is 9.76. The summed E-state index contributed by atoms with van der Waals surface area (Å²) < 4.78 is 0. The second-order valence-corrected chi connectivity index (χ2v) is 20.3. The van der Waals surface area contributed by atoms with Crippen LogP contribution in [0.15, 0.2) is 186 Å². The van der Waals surface area contributed by atoms with Crippen molar-refractivity contribution < 1.29 is 9.59 Å². The Bertz CT molecular complexity index is 2520. The van der Waals surface area contributed by atoms with Crippen molar-refractivity contribution in [1.82, 2.24) is 0 Å². The molecule has 10 nitrogen and oxygen atoms in total. The van der Waals surface area contributed by atoms with E-state index < -0.39 is 0 Å². The van der Waals surface area contributed by atoms with E-state index in [9.17, 15) is 19.4 Å². The lowest BCUT2D eigenvalue weighted by molar-refractivity contribution is -0.114. The molecular weight excluding hydrogens is 797 g/mol. The first kappa shape index (κ1) is 46.6. The Morgan fingerprint density at radius 2 is 0.656 bits per heavy atom. The third-order valence-electron chi connectivity index (χ3n) is 11.1. The van der Waals surface area contributed by atoms with Crippen LogP contribution < -0.4 is 0 Å². The molecule has 0 aliphatic heterocycles. The zero-order valence-electron chi connectivity index (χ0n) is 38.9. The first-order valence-electron chi connectivity index (χ1n) is 21.3. The highest BCUT2D eigenvalue weighted by Crippen LogP contribution is 2.44. The molecule has 0 fully saturated rings. The lowest BCUT2D eigenvalue weighted by atomic mass is 9.72. The van der Waals surface area contributed by atoms with Crippen LogP contribution in [-0.4, -0.2) is 11.6 Å². The largest absolute Gasteiger partial charge is 0.289 e. The normalized spacial score (nSPS) is 15.2. The summed E-state index contributed by atoms with van der Waals surface area (Å²) in [5.74, 6) is 0.0958. The molecule has 0 unspecified atom stereocenters. The number of rotatable bonds is 9. The monoisotopic (exact) mass is 852 g/mol. The average Bonchev–Trinajstić information content (AvgIpc) is 3.23. The summed E-state index contributed by atoms with van der Waals surface area (Å²) in [6.45, 7) is 24.4. The number of ketones is 2. The molecule has 326 valence electrons. The van der Waals surface area contributed by atoms with Crippen LogP contribution >= 0.6 is 0 Å². The van der Waals surface area contributed by atoms with Crippen molar-refractivity contribution >= 4 is 34.3 Å². The molecule has 2 aliphatic rings. The van der Waals surface area contributed by atoms with E-state index in [-0.39, 0.29) is 33.2 Å². The van der Waals surface area contributed by atoms with E-state index in [2.05, 4.69) is 30.8 Å². The fourth-order valence-electron chi connectivity index (χ4n) is 7.54. The summed E-state index contributed by atoms with van der Waals surface area (Å²) >= 11 is 0.